The lowest BCUT2D eigenvalue weighted by molar-refractivity contribution is 0.0600. The Morgan fingerprint density at radius 3 is 2.77 bits per heavy atom. The van der Waals surface area contributed by atoms with E-state index in [-0.39, 0.29) is 17.9 Å². The van der Waals surface area contributed by atoms with Gasteiger partial charge in [-0.3, -0.25) is 0 Å². The number of hydrogen-bond acceptors (Lipinski definition) is 3. The van der Waals surface area contributed by atoms with E-state index >= 15 is 0 Å². The number of anilines is 1. The molecule has 134 valence electrons. The van der Waals surface area contributed by atoms with Crippen LogP contribution in [0.1, 0.15) is 45.4 Å². The molecule has 3 nitrogen and oxygen atoms in total. The van der Waals surface area contributed by atoms with Crippen molar-refractivity contribution in [3.63, 3.8) is 0 Å². The fraction of sp³-hybridized carbons (Fsp3) is 0.286. The smallest absolute Gasteiger partial charge is 0.338 e. The number of benzene rings is 2. The fourth-order valence-corrected chi connectivity index (χ4v) is 4.64. The molecule has 26 heavy (non-hydrogen) atoms. The molecule has 1 aliphatic carbocycles. The van der Waals surface area contributed by atoms with Gasteiger partial charge < -0.3 is 10.1 Å². The molecule has 0 saturated carbocycles. The van der Waals surface area contributed by atoms with E-state index in [2.05, 4.69) is 17.5 Å². The molecule has 0 bridgehead atoms. The van der Waals surface area contributed by atoms with E-state index in [1.165, 1.54) is 12.7 Å². The molecule has 0 saturated heterocycles. The van der Waals surface area contributed by atoms with Crippen LogP contribution in [0, 0.1) is 12.8 Å². The zero-order valence-electron chi connectivity index (χ0n) is 14.6. The van der Waals surface area contributed by atoms with Crippen LogP contribution < -0.4 is 5.32 Å². The summed E-state index contributed by atoms with van der Waals surface area (Å²) in [6.07, 6.45) is 5.45. The van der Waals surface area contributed by atoms with Crippen molar-refractivity contribution in [3.8, 4) is 0 Å². The molecule has 1 heterocycles. The van der Waals surface area contributed by atoms with Gasteiger partial charge >= 0.3 is 5.97 Å². The zero-order valence-corrected chi connectivity index (χ0v) is 16.1. The SMILES string of the molecule is COC(=O)c1ccc2c(c1C)N[C@H](c1cccc(Cl)c1Cl)[C@H]1CC=C[C@@H]21. The average molecular weight is 388 g/mol. The number of rotatable bonds is 2. The molecule has 0 unspecified atom stereocenters. The molecule has 4 rings (SSSR count). The summed E-state index contributed by atoms with van der Waals surface area (Å²) in [5, 5.41) is 4.79. The Labute approximate surface area is 163 Å². The molecule has 5 heteroatoms. The first-order valence-corrected chi connectivity index (χ1v) is 9.37. The minimum atomic E-state index is -0.325. The Morgan fingerprint density at radius 2 is 2.00 bits per heavy atom. The number of methoxy groups -OCH3 is 1. The number of esters is 1. The highest BCUT2D eigenvalue weighted by molar-refractivity contribution is 6.42. The van der Waals surface area contributed by atoms with Crippen LogP contribution in [0.15, 0.2) is 42.5 Å². The number of ether oxygens (including phenoxy) is 1. The maximum absolute atomic E-state index is 12.1. The number of carbonyl (C=O) groups is 1. The van der Waals surface area contributed by atoms with Crippen LogP contribution in [0.4, 0.5) is 5.69 Å². The van der Waals surface area contributed by atoms with Crippen molar-refractivity contribution >= 4 is 34.9 Å². The van der Waals surface area contributed by atoms with Crippen LogP contribution in [0.3, 0.4) is 0 Å². The standard InChI is InChI=1S/C21H19Cl2NO2/c1-11-12(21(25)26-2)9-10-15-13-5-3-6-14(13)20(24-19(11)15)16-7-4-8-17(22)18(16)23/h3-5,7-10,13-14,20,24H,6H2,1-2H3/t13-,14+,20+/m1/s1. The van der Waals surface area contributed by atoms with Crippen LogP contribution in [0.25, 0.3) is 0 Å². The maximum atomic E-state index is 12.1. The maximum Gasteiger partial charge on any atom is 0.338 e. The second-order valence-electron chi connectivity index (χ2n) is 6.81. The highest BCUT2D eigenvalue weighted by Gasteiger charge is 2.39. The quantitative estimate of drug-likeness (QED) is 0.513. The normalized spacial score (nSPS) is 23.2. The van der Waals surface area contributed by atoms with Gasteiger partial charge in [-0.2, -0.15) is 0 Å². The Balaban J connectivity index is 1.85. The van der Waals surface area contributed by atoms with Crippen LogP contribution in [0.2, 0.25) is 10.0 Å². The third-order valence-corrected chi connectivity index (χ3v) is 6.35. The van der Waals surface area contributed by atoms with E-state index in [1.807, 2.05) is 31.2 Å². The van der Waals surface area contributed by atoms with E-state index in [1.54, 1.807) is 6.07 Å². The van der Waals surface area contributed by atoms with Crippen LogP contribution in [-0.4, -0.2) is 13.1 Å². The van der Waals surface area contributed by atoms with Crippen molar-refractivity contribution in [2.75, 3.05) is 12.4 Å². The van der Waals surface area contributed by atoms with Gasteiger partial charge in [0.05, 0.1) is 28.8 Å². The Morgan fingerprint density at radius 1 is 1.19 bits per heavy atom. The summed E-state index contributed by atoms with van der Waals surface area (Å²) in [6.45, 7) is 1.95. The third-order valence-electron chi connectivity index (χ3n) is 5.52. The molecule has 1 aliphatic heterocycles. The van der Waals surface area contributed by atoms with E-state index in [4.69, 9.17) is 27.9 Å². The second kappa shape index (κ2) is 6.64. The zero-order chi connectivity index (χ0) is 18.4. The Hall–Kier alpha value is -1.97. The molecule has 0 radical (unpaired) electrons. The van der Waals surface area contributed by atoms with E-state index < -0.39 is 0 Å². The van der Waals surface area contributed by atoms with E-state index in [0.29, 0.717) is 21.5 Å². The van der Waals surface area contributed by atoms with Gasteiger partial charge in [0, 0.05) is 11.6 Å². The monoisotopic (exact) mass is 387 g/mol. The molecule has 0 amide bonds. The van der Waals surface area contributed by atoms with Gasteiger partial charge in [-0.15, -0.1) is 0 Å². The number of hydrogen-bond donors (Lipinski definition) is 1. The number of carbonyl (C=O) groups excluding carboxylic acids is 1. The molecule has 0 fully saturated rings. The van der Waals surface area contributed by atoms with Gasteiger partial charge in [0.2, 0.25) is 0 Å². The summed E-state index contributed by atoms with van der Waals surface area (Å²) >= 11 is 12.8. The molecular weight excluding hydrogens is 369 g/mol. The van der Waals surface area contributed by atoms with Crippen LogP contribution in [0.5, 0.6) is 0 Å². The van der Waals surface area contributed by atoms with E-state index in [0.717, 1.165) is 23.2 Å². The molecule has 1 N–H and O–H groups in total. The van der Waals surface area contributed by atoms with Gasteiger partial charge in [-0.05, 0) is 48.1 Å². The number of nitrogens with one attached hydrogen (secondary N) is 1. The van der Waals surface area contributed by atoms with E-state index in [9.17, 15) is 4.79 Å². The Bertz CT molecular complexity index is 922. The summed E-state index contributed by atoms with van der Waals surface area (Å²) in [5.74, 6) is 0.326. The molecule has 2 aromatic rings. The molecule has 0 spiro atoms. The van der Waals surface area contributed by atoms with Crippen LogP contribution >= 0.6 is 23.2 Å². The highest BCUT2D eigenvalue weighted by atomic mass is 35.5. The van der Waals surface area contributed by atoms with Crippen LogP contribution in [-0.2, 0) is 4.74 Å². The van der Waals surface area contributed by atoms with Gasteiger partial charge in [0.25, 0.3) is 0 Å². The van der Waals surface area contributed by atoms with Crippen molar-refractivity contribution in [1.29, 1.82) is 0 Å². The van der Waals surface area contributed by atoms with Crippen molar-refractivity contribution in [2.24, 2.45) is 5.92 Å². The first kappa shape index (κ1) is 17.4. The number of halogens is 2. The highest BCUT2D eigenvalue weighted by Crippen LogP contribution is 2.52. The lowest BCUT2D eigenvalue weighted by atomic mass is 9.76. The molecule has 2 aliphatic rings. The Kier molecular flexibility index (Phi) is 4.45. The second-order valence-corrected chi connectivity index (χ2v) is 7.60. The van der Waals surface area contributed by atoms with Gasteiger partial charge in [-0.1, -0.05) is 53.6 Å². The largest absolute Gasteiger partial charge is 0.465 e. The number of fused-ring (bicyclic) bond motifs is 3. The summed E-state index contributed by atoms with van der Waals surface area (Å²) in [7, 11) is 1.40. The first-order valence-electron chi connectivity index (χ1n) is 8.62. The predicted molar refractivity (Wildman–Crippen MR) is 105 cm³/mol. The van der Waals surface area contributed by atoms with Crippen molar-refractivity contribution in [2.45, 2.75) is 25.3 Å². The first-order chi connectivity index (χ1) is 12.5. The summed E-state index contributed by atoms with van der Waals surface area (Å²) in [5.41, 5.74) is 4.67. The average Bonchev–Trinajstić information content (AvgIpc) is 3.13. The summed E-state index contributed by atoms with van der Waals surface area (Å²) < 4.78 is 4.92. The van der Waals surface area contributed by atoms with Gasteiger partial charge in [0.1, 0.15) is 0 Å². The van der Waals surface area contributed by atoms with Crippen molar-refractivity contribution in [1.82, 2.24) is 0 Å². The topological polar surface area (TPSA) is 38.3 Å². The van der Waals surface area contributed by atoms with Gasteiger partial charge in [-0.25, -0.2) is 4.79 Å². The lowest BCUT2D eigenvalue weighted by Gasteiger charge is -2.39. The minimum absolute atomic E-state index is 0.0281. The number of allylic oxidation sites excluding steroid dienone is 2. The molecule has 2 aromatic carbocycles. The van der Waals surface area contributed by atoms with Crippen molar-refractivity contribution in [3.05, 3.63) is 74.8 Å². The molecule has 0 aromatic heterocycles. The fourth-order valence-electron chi connectivity index (χ4n) is 4.21. The minimum Gasteiger partial charge on any atom is -0.465 e. The summed E-state index contributed by atoms with van der Waals surface area (Å²) in [4.78, 5) is 12.1. The molecular formula is C21H19Cl2NO2. The van der Waals surface area contributed by atoms with Crippen molar-refractivity contribution < 1.29 is 9.53 Å². The predicted octanol–water partition coefficient (Wildman–Crippen LogP) is 5.91. The molecule has 3 atom stereocenters. The van der Waals surface area contributed by atoms with Gasteiger partial charge in [0.15, 0.2) is 0 Å². The summed E-state index contributed by atoms with van der Waals surface area (Å²) in [6, 6.07) is 9.67. The lowest BCUT2D eigenvalue weighted by Crippen LogP contribution is -2.30. The third kappa shape index (κ3) is 2.62.